The lowest BCUT2D eigenvalue weighted by atomic mass is 10.1. The summed E-state index contributed by atoms with van der Waals surface area (Å²) in [6.07, 6.45) is 1.39. The molecule has 21 heavy (non-hydrogen) atoms. The summed E-state index contributed by atoms with van der Waals surface area (Å²) in [7, 11) is 0. The number of rotatable bonds is 7. The molecule has 116 valence electrons. The van der Waals surface area contributed by atoms with Crippen LogP contribution in [0.3, 0.4) is 0 Å². The van der Waals surface area contributed by atoms with Crippen LogP contribution in [-0.2, 0) is 4.79 Å². The van der Waals surface area contributed by atoms with E-state index in [4.69, 9.17) is 16.2 Å². The number of carboxylic acids is 1. The summed E-state index contributed by atoms with van der Waals surface area (Å²) in [5.74, 6) is -1.17. The molecule has 1 aromatic rings. The summed E-state index contributed by atoms with van der Waals surface area (Å²) in [6, 6.07) is 6.05. The minimum Gasteiger partial charge on any atom is -0.478 e. The van der Waals surface area contributed by atoms with Crippen molar-refractivity contribution >= 4 is 40.8 Å². The number of anilines is 1. The quantitative estimate of drug-likeness (QED) is 0.369. The van der Waals surface area contributed by atoms with Gasteiger partial charge >= 0.3 is 5.97 Å². The summed E-state index contributed by atoms with van der Waals surface area (Å²) >= 11 is 0. The number of benzene rings is 1. The predicted octanol–water partition coefficient (Wildman–Crippen LogP) is 1.21. The van der Waals surface area contributed by atoms with Crippen LogP contribution in [0.5, 0.6) is 0 Å². The second-order valence-electron chi connectivity index (χ2n) is 4.43. The number of aromatic carboxylic acids is 1. The molecule has 1 rings (SSSR count). The number of carboxylic acid groups (broad SMARTS) is 1. The normalized spacial score (nSPS) is 12.5. The fourth-order valence-corrected chi connectivity index (χ4v) is 1.58. The van der Waals surface area contributed by atoms with Gasteiger partial charge in [0.1, 0.15) is 5.66 Å². The first-order chi connectivity index (χ1) is 9.36. The van der Waals surface area contributed by atoms with Gasteiger partial charge in [0.05, 0.1) is 5.56 Å². The van der Waals surface area contributed by atoms with Gasteiger partial charge in [0, 0.05) is 31.8 Å². The maximum atomic E-state index is 10.8. The van der Waals surface area contributed by atoms with Gasteiger partial charge in [-0.1, -0.05) is 0 Å². The van der Waals surface area contributed by atoms with Crippen molar-refractivity contribution in [2.24, 2.45) is 5.73 Å². The molecule has 1 amide bonds. The lowest BCUT2D eigenvalue weighted by molar-refractivity contribution is -0.118. The molecule has 0 heterocycles. The van der Waals surface area contributed by atoms with Crippen LogP contribution in [-0.4, -0.2) is 35.4 Å². The van der Waals surface area contributed by atoms with E-state index in [1.165, 1.54) is 19.1 Å². The van der Waals surface area contributed by atoms with Crippen molar-refractivity contribution in [1.29, 1.82) is 5.41 Å². The van der Waals surface area contributed by atoms with Crippen molar-refractivity contribution < 1.29 is 14.7 Å². The van der Waals surface area contributed by atoms with E-state index in [9.17, 15) is 9.59 Å². The van der Waals surface area contributed by atoms with Gasteiger partial charge in [-0.05, 0) is 24.3 Å². The topological polar surface area (TPSA) is 128 Å². The van der Waals surface area contributed by atoms with Crippen LogP contribution < -0.4 is 16.4 Å². The van der Waals surface area contributed by atoms with Crippen LogP contribution in [0.25, 0.3) is 0 Å². The van der Waals surface area contributed by atoms with Gasteiger partial charge < -0.3 is 26.9 Å². The Bertz CT molecular complexity index is 507. The summed E-state index contributed by atoms with van der Waals surface area (Å²) in [5.41, 5.74) is 5.66. The van der Waals surface area contributed by atoms with E-state index < -0.39 is 11.6 Å². The molecule has 0 aliphatic heterocycles. The van der Waals surface area contributed by atoms with Crippen molar-refractivity contribution in [3.8, 4) is 0 Å². The minimum atomic E-state index is -1.10. The number of nitrogens with one attached hydrogen (secondary N) is 3. The lowest BCUT2D eigenvalue weighted by Crippen LogP contribution is -2.51. The largest absolute Gasteiger partial charge is 0.478 e. The van der Waals surface area contributed by atoms with E-state index in [-0.39, 0.29) is 28.5 Å². The number of hydrogen-bond donors (Lipinski definition) is 5. The van der Waals surface area contributed by atoms with E-state index in [0.29, 0.717) is 18.7 Å². The van der Waals surface area contributed by atoms with Crippen LogP contribution in [0.2, 0.25) is 0 Å². The van der Waals surface area contributed by atoms with E-state index in [2.05, 4.69) is 10.6 Å². The van der Waals surface area contributed by atoms with Crippen LogP contribution in [0.1, 0.15) is 23.7 Å². The molecule has 0 fully saturated rings. The Morgan fingerprint density at radius 3 is 2.38 bits per heavy atom. The molecular formula is C13H19BrN4O3. The highest BCUT2D eigenvalue weighted by Gasteiger charge is 2.21. The molecule has 0 aliphatic rings. The predicted molar refractivity (Wildman–Crippen MR) is 86.3 cm³/mol. The van der Waals surface area contributed by atoms with Crippen LogP contribution in [0, 0.1) is 5.41 Å². The number of carbonyl (C=O) groups excluding carboxylic acids is 1. The maximum absolute atomic E-state index is 10.8. The Morgan fingerprint density at radius 1 is 1.38 bits per heavy atom. The Hall–Kier alpha value is -1.93. The molecule has 0 bridgehead atoms. The highest BCUT2D eigenvalue weighted by atomic mass is 79.9. The average molecular weight is 359 g/mol. The smallest absolute Gasteiger partial charge is 0.335 e. The third kappa shape index (κ3) is 6.37. The Kier molecular flexibility index (Phi) is 7.61. The first kappa shape index (κ1) is 19.1. The maximum Gasteiger partial charge on any atom is 0.335 e. The van der Waals surface area contributed by atoms with Crippen LogP contribution in [0.15, 0.2) is 24.3 Å². The second-order valence-corrected chi connectivity index (χ2v) is 4.43. The molecule has 0 radical (unpaired) electrons. The number of halogens is 1. The summed E-state index contributed by atoms with van der Waals surface area (Å²) in [6.45, 7) is 1.74. The molecule has 6 N–H and O–H groups in total. The van der Waals surface area contributed by atoms with E-state index in [0.717, 1.165) is 6.21 Å². The van der Waals surface area contributed by atoms with Crippen LogP contribution in [0.4, 0.5) is 5.69 Å². The van der Waals surface area contributed by atoms with Crippen molar-refractivity contribution in [3.63, 3.8) is 0 Å². The molecule has 0 spiro atoms. The third-order valence-electron chi connectivity index (χ3n) is 2.68. The van der Waals surface area contributed by atoms with Crippen molar-refractivity contribution in [1.82, 2.24) is 5.32 Å². The van der Waals surface area contributed by atoms with Gasteiger partial charge in [-0.15, -0.1) is 17.0 Å². The minimum absolute atomic E-state index is 0. The molecule has 1 unspecified atom stereocenters. The SMILES string of the molecule is Br.CC(=O)NCCC(N)(C=N)Nc1ccc(C(=O)O)cc1. The fraction of sp³-hybridized carbons (Fsp3) is 0.308. The molecule has 1 atom stereocenters. The standard InChI is InChI=1S/C13H18N4O3.BrH/c1-9(18)16-7-6-13(15,8-14)17-11-4-2-10(3-5-11)12(19)20;/h2-5,8,14,17H,6-7,15H2,1H3,(H,16,18)(H,19,20);1H. The van der Waals surface area contributed by atoms with Gasteiger partial charge in [-0.2, -0.15) is 0 Å². The van der Waals surface area contributed by atoms with Gasteiger partial charge in [0.25, 0.3) is 0 Å². The van der Waals surface area contributed by atoms with E-state index in [1.54, 1.807) is 12.1 Å². The number of nitrogens with two attached hydrogens (primary N) is 1. The summed E-state index contributed by atoms with van der Waals surface area (Å²) in [5, 5.41) is 21.7. The Labute approximate surface area is 133 Å². The molecule has 7 nitrogen and oxygen atoms in total. The summed E-state index contributed by atoms with van der Waals surface area (Å²) < 4.78 is 0. The molecule has 8 heteroatoms. The molecule has 0 aliphatic carbocycles. The zero-order valence-corrected chi connectivity index (χ0v) is 13.3. The van der Waals surface area contributed by atoms with E-state index in [1.807, 2.05) is 0 Å². The van der Waals surface area contributed by atoms with Gasteiger partial charge in [-0.25, -0.2) is 4.79 Å². The molecule has 1 aromatic carbocycles. The zero-order chi connectivity index (χ0) is 15.2. The number of amides is 1. The number of hydrogen-bond acceptors (Lipinski definition) is 5. The first-order valence-corrected chi connectivity index (χ1v) is 6.03. The molecule has 0 aromatic heterocycles. The highest BCUT2D eigenvalue weighted by Crippen LogP contribution is 2.14. The van der Waals surface area contributed by atoms with Crippen molar-refractivity contribution in [2.75, 3.05) is 11.9 Å². The van der Waals surface area contributed by atoms with Crippen molar-refractivity contribution in [2.45, 2.75) is 19.0 Å². The average Bonchev–Trinajstić information content (AvgIpc) is 2.39. The Balaban J connectivity index is 0.00000400. The Morgan fingerprint density at radius 2 is 1.95 bits per heavy atom. The third-order valence-corrected chi connectivity index (χ3v) is 2.68. The van der Waals surface area contributed by atoms with Gasteiger partial charge in [-0.3, -0.25) is 4.79 Å². The molecule has 0 saturated carbocycles. The highest BCUT2D eigenvalue weighted by molar-refractivity contribution is 8.93. The van der Waals surface area contributed by atoms with Crippen LogP contribution >= 0.6 is 17.0 Å². The summed E-state index contributed by atoms with van der Waals surface area (Å²) in [4.78, 5) is 21.5. The lowest BCUT2D eigenvalue weighted by Gasteiger charge is -2.27. The van der Waals surface area contributed by atoms with Gasteiger partial charge in [0.2, 0.25) is 5.91 Å². The molecular weight excluding hydrogens is 340 g/mol. The van der Waals surface area contributed by atoms with Gasteiger partial charge in [0.15, 0.2) is 0 Å². The second kappa shape index (κ2) is 8.38. The van der Waals surface area contributed by atoms with Crippen molar-refractivity contribution in [3.05, 3.63) is 29.8 Å². The zero-order valence-electron chi connectivity index (χ0n) is 11.6. The fourth-order valence-electron chi connectivity index (χ4n) is 1.58. The van der Waals surface area contributed by atoms with E-state index >= 15 is 0 Å². The molecule has 0 saturated heterocycles. The first-order valence-electron chi connectivity index (χ1n) is 6.03. The monoisotopic (exact) mass is 358 g/mol. The number of carbonyl (C=O) groups is 2.